The summed E-state index contributed by atoms with van der Waals surface area (Å²) in [6.07, 6.45) is 0.799. The summed E-state index contributed by atoms with van der Waals surface area (Å²) in [6.45, 7) is 2.42. The fourth-order valence-electron chi connectivity index (χ4n) is 1.82. The molecule has 0 saturated heterocycles. The maximum Gasteiger partial charge on any atom is 0.347 e. The van der Waals surface area contributed by atoms with Gasteiger partial charge < -0.3 is 9.47 Å². The fraction of sp³-hybridized carbons (Fsp3) is 0.188. The van der Waals surface area contributed by atoms with Crippen molar-refractivity contribution in [3.8, 4) is 11.5 Å². The predicted octanol–water partition coefficient (Wildman–Crippen LogP) is 3.60. The van der Waals surface area contributed by atoms with E-state index in [4.69, 9.17) is 9.47 Å². The highest BCUT2D eigenvalue weighted by atomic mass is 16.6. The minimum Gasteiger partial charge on any atom is -0.493 e. The molecule has 0 aliphatic carbocycles. The van der Waals surface area contributed by atoms with E-state index in [-0.39, 0.29) is 17.0 Å². The second-order valence-corrected chi connectivity index (χ2v) is 4.46. The van der Waals surface area contributed by atoms with Crippen LogP contribution < -0.4 is 9.47 Å². The minimum atomic E-state index is -0.694. The molecule has 2 aromatic rings. The quantitative estimate of drug-likeness (QED) is 0.352. The van der Waals surface area contributed by atoms with Gasteiger partial charge in [-0.1, -0.05) is 31.2 Å². The van der Waals surface area contributed by atoms with Gasteiger partial charge in [0.1, 0.15) is 11.3 Å². The number of hydrogen-bond acceptors (Lipinski definition) is 5. The number of carbonyl (C=O) groups excluding carboxylic acids is 1. The van der Waals surface area contributed by atoms with Gasteiger partial charge in [0.05, 0.1) is 11.5 Å². The third-order valence-electron chi connectivity index (χ3n) is 2.83. The van der Waals surface area contributed by atoms with Crippen molar-refractivity contribution < 1.29 is 19.2 Å². The molecule has 0 bridgehead atoms. The Labute approximate surface area is 127 Å². The first-order valence-electron chi connectivity index (χ1n) is 6.81. The van der Waals surface area contributed by atoms with Crippen LogP contribution in [0.25, 0.3) is 0 Å². The molecule has 114 valence electrons. The maximum atomic E-state index is 12.2. The third kappa shape index (κ3) is 3.60. The molecule has 6 heteroatoms. The molecule has 0 saturated carbocycles. The number of carbonyl (C=O) groups is 1. The van der Waals surface area contributed by atoms with Crippen molar-refractivity contribution in [3.63, 3.8) is 0 Å². The summed E-state index contributed by atoms with van der Waals surface area (Å²) in [6, 6.07) is 12.4. The highest BCUT2D eigenvalue weighted by Gasteiger charge is 2.20. The lowest BCUT2D eigenvalue weighted by atomic mass is 10.2. The van der Waals surface area contributed by atoms with Crippen molar-refractivity contribution in [1.82, 2.24) is 0 Å². The van der Waals surface area contributed by atoms with E-state index in [1.165, 1.54) is 18.2 Å². The first kappa shape index (κ1) is 15.5. The van der Waals surface area contributed by atoms with E-state index < -0.39 is 10.9 Å². The Morgan fingerprint density at radius 1 is 1.09 bits per heavy atom. The first-order valence-corrected chi connectivity index (χ1v) is 6.81. The van der Waals surface area contributed by atoms with E-state index in [9.17, 15) is 14.9 Å². The predicted molar refractivity (Wildman–Crippen MR) is 80.3 cm³/mol. The van der Waals surface area contributed by atoms with Crippen molar-refractivity contribution >= 4 is 11.7 Å². The Hall–Kier alpha value is -2.89. The molecular weight excluding hydrogens is 286 g/mol. The van der Waals surface area contributed by atoms with E-state index in [0.29, 0.717) is 12.4 Å². The zero-order valence-corrected chi connectivity index (χ0v) is 12.0. The summed E-state index contributed by atoms with van der Waals surface area (Å²) in [5.41, 5.74) is -0.0306. The molecule has 0 unspecified atom stereocenters. The summed E-state index contributed by atoms with van der Waals surface area (Å²) in [5, 5.41) is 10.9. The van der Waals surface area contributed by atoms with Crippen molar-refractivity contribution in [2.45, 2.75) is 13.3 Å². The number of benzene rings is 2. The number of ether oxygens (including phenoxy) is 2. The molecule has 0 aliphatic heterocycles. The summed E-state index contributed by atoms with van der Waals surface area (Å²) < 4.78 is 10.6. The molecule has 0 fully saturated rings. The summed E-state index contributed by atoms with van der Waals surface area (Å²) >= 11 is 0. The topological polar surface area (TPSA) is 78.7 Å². The van der Waals surface area contributed by atoms with Gasteiger partial charge in [0, 0.05) is 6.07 Å². The maximum absolute atomic E-state index is 12.2. The Morgan fingerprint density at radius 2 is 1.73 bits per heavy atom. The van der Waals surface area contributed by atoms with Gasteiger partial charge in [-0.2, -0.15) is 0 Å². The van der Waals surface area contributed by atoms with Crippen LogP contribution in [0.4, 0.5) is 5.69 Å². The summed E-state index contributed by atoms with van der Waals surface area (Å²) in [5.74, 6) is -0.392. The lowest BCUT2D eigenvalue weighted by molar-refractivity contribution is -0.385. The molecule has 0 aromatic heterocycles. The van der Waals surface area contributed by atoms with Gasteiger partial charge in [-0.05, 0) is 24.6 Å². The van der Waals surface area contributed by atoms with Gasteiger partial charge in [-0.3, -0.25) is 10.1 Å². The SMILES string of the molecule is CCCOc1ccccc1C(=O)Oc1ccccc1[N+](=O)[O-]. The zero-order chi connectivity index (χ0) is 15.9. The van der Waals surface area contributed by atoms with E-state index in [1.54, 1.807) is 30.3 Å². The molecule has 2 rings (SSSR count). The zero-order valence-electron chi connectivity index (χ0n) is 12.0. The molecule has 0 atom stereocenters. The molecular formula is C16H15NO5. The van der Waals surface area contributed by atoms with Gasteiger partial charge >= 0.3 is 11.7 Å². The molecule has 0 aliphatic rings. The number of nitro benzene ring substituents is 1. The number of esters is 1. The van der Waals surface area contributed by atoms with Crippen LogP contribution in [-0.4, -0.2) is 17.5 Å². The Bertz CT molecular complexity index is 684. The first-order chi connectivity index (χ1) is 10.6. The van der Waals surface area contributed by atoms with Crippen LogP contribution in [0.1, 0.15) is 23.7 Å². The second kappa shape index (κ2) is 7.21. The van der Waals surface area contributed by atoms with Crippen LogP contribution in [0.5, 0.6) is 11.5 Å². The highest BCUT2D eigenvalue weighted by Crippen LogP contribution is 2.28. The Morgan fingerprint density at radius 3 is 2.41 bits per heavy atom. The van der Waals surface area contributed by atoms with Crippen molar-refractivity contribution in [2.24, 2.45) is 0 Å². The lowest BCUT2D eigenvalue weighted by Crippen LogP contribution is -2.12. The van der Waals surface area contributed by atoms with E-state index >= 15 is 0 Å². The van der Waals surface area contributed by atoms with Crippen LogP contribution in [0.3, 0.4) is 0 Å². The third-order valence-corrected chi connectivity index (χ3v) is 2.83. The monoisotopic (exact) mass is 301 g/mol. The van der Waals surface area contributed by atoms with Crippen molar-refractivity contribution in [1.29, 1.82) is 0 Å². The van der Waals surface area contributed by atoms with Gasteiger partial charge in [-0.25, -0.2) is 4.79 Å². The Kier molecular flexibility index (Phi) is 5.08. The standard InChI is InChI=1S/C16H15NO5/c1-2-11-21-14-9-5-3-7-12(14)16(18)22-15-10-6-4-8-13(15)17(19)20/h3-10H,2,11H2,1H3. The molecule has 0 radical (unpaired) electrons. The average molecular weight is 301 g/mol. The fourth-order valence-corrected chi connectivity index (χ4v) is 1.82. The number of hydrogen-bond donors (Lipinski definition) is 0. The van der Waals surface area contributed by atoms with Gasteiger partial charge in [-0.15, -0.1) is 0 Å². The van der Waals surface area contributed by atoms with Crippen LogP contribution >= 0.6 is 0 Å². The molecule has 2 aromatic carbocycles. The van der Waals surface area contributed by atoms with Crippen molar-refractivity contribution in [2.75, 3.05) is 6.61 Å². The smallest absolute Gasteiger partial charge is 0.347 e. The van der Waals surface area contributed by atoms with Crippen LogP contribution in [0.2, 0.25) is 0 Å². The van der Waals surface area contributed by atoms with E-state index in [2.05, 4.69) is 0 Å². The van der Waals surface area contributed by atoms with Gasteiger partial charge in [0.15, 0.2) is 0 Å². The van der Waals surface area contributed by atoms with Gasteiger partial charge in [0.2, 0.25) is 5.75 Å². The molecule has 6 nitrogen and oxygen atoms in total. The lowest BCUT2D eigenvalue weighted by Gasteiger charge is -2.10. The number of nitro groups is 1. The number of rotatable bonds is 6. The van der Waals surface area contributed by atoms with E-state index in [0.717, 1.165) is 6.42 Å². The molecule has 0 N–H and O–H groups in total. The van der Waals surface area contributed by atoms with E-state index in [1.807, 2.05) is 6.92 Å². The summed E-state index contributed by atoms with van der Waals surface area (Å²) in [4.78, 5) is 22.6. The van der Waals surface area contributed by atoms with Crippen LogP contribution in [-0.2, 0) is 0 Å². The largest absolute Gasteiger partial charge is 0.493 e. The van der Waals surface area contributed by atoms with Crippen LogP contribution in [0.15, 0.2) is 48.5 Å². The molecule has 0 heterocycles. The van der Waals surface area contributed by atoms with Gasteiger partial charge in [0.25, 0.3) is 0 Å². The average Bonchev–Trinajstić information content (AvgIpc) is 2.53. The molecule has 0 amide bonds. The van der Waals surface area contributed by atoms with Crippen molar-refractivity contribution in [3.05, 3.63) is 64.2 Å². The minimum absolute atomic E-state index is 0.0946. The normalized spacial score (nSPS) is 10.0. The molecule has 22 heavy (non-hydrogen) atoms. The Balaban J connectivity index is 2.25. The number of nitrogens with zero attached hydrogens (tertiary/aromatic N) is 1. The molecule has 0 spiro atoms. The van der Waals surface area contributed by atoms with Crippen LogP contribution in [0, 0.1) is 10.1 Å². The number of para-hydroxylation sites is 3. The second-order valence-electron chi connectivity index (χ2n) is 4.46. The highest BCUT2D eigenvalue weighted by molar-refractivity contribution is 5.94. The summed E-state index contributed by atoms with van der Waals surface area (Å²) in [7, 11) is 0.